The average Bonchev–Trinajstić information content (AvgIpc) is 2.28. The van der Waals surface area contributed by atoms with Gasteiger partial charge in [-0.1, -0.05) is 24.3 Å². The maximum Gasteiger partial charge on any atom is 0.269 e. The van der Waals surface area contributed by atoms with Gasteiger partial charge in [-0.3, -0.25) is 10.1 Å². The zero-order chi connectivity index (χ0) is 12.4. The monoisotopic (exact) mass is 266 g/mol. The lowest BCUT2D eigenvalue weighted by Gasteiger charge is -2.19. The zero-order valence-corrected chi connectivity index (χ0v) is 11.0. The van der Waals surface area contributed by atoms with Gasteiger partial charge in [-0.05, 0) is 19.4 Å². The van der Waals surface area contributed by atoms with Crippen molar-refractivity contribution in [2.75, 3.05) is 0 Å². The van der Waals surface area contributed by atoms with Crippen molar-refractivity contribution >= 4 is 18.1 Å². The van der Waals surface area contributed by atoms with E-state index in [-0.39, 0.29) is 28.9 Å². The number of benzene rings is 1. The van der Waals surface area contributed by atoms with Crippen LogP contribution >= 0.6 is 12.4 Å². The normalized spacial score (nSPS) is 15.0. The van der Waals surface area contributed by atoms with Gasteiger partial charge >= 0.3 is 0 Å². The van der Waals surface area contributed by atoms with Crippen molar-refractivity contribution in [1.29, 1.82) is 0 Å². The van der Waals surface area contributed by atoms with E-state index in [4.69, 9.17) is 0 Å². The second-order valence-corrected chi connectivity index (χ2v) is 4.20. The molecule has 18 heavy (non-hydrogen) atoms. The molecule has 1 aromatic carbocycles. The minimum absolute atomic E-state index is 0. The van der Waals surface area contributed by atoms with Crippen LogP contribution in [0.1, 0.15) is 25.3 Å². The maximum absolute atomic E-state index is 10.7. The third-order valence-corrected chi connectivity index (χ3v) is 2.72. The molecule has 0 atom stereocenters. The number of nitro groups is 1. The van der Waals surface area contributed by atoms with Crippen molar-refractivity contribution in [1.82, 2.24) is 5.32 Å². The van der Waals surface area contributed by atoms with E-state index in [2.05, 4.69) is 17.5 Å². The fourth-order valence-corrected chi connectivity index (χ4v) is 2.02. The van der Waals surface area contributed by atoms with Crippen LogP contribution < -0.4 is 5.32 Å². The summed E-state index contributed by atoms with van der Waals surface area (Å²) in [6.45, 7) is 3.97. The molecule has 1 aromatic rings. The average molecular weight is 267 g/mol. The Morgan fingerprint density at radius 1 is 1.22 bits per heavy atom. The minimum atomic E-state index is -0.363. The summed E-state index contributed by atoms with van der Waals surface area (Å²) in [5, 5.41) is 13.9. The van der Waals surface area contributed by atoms with Crippen LogP contribution in [0, 0.1) is 10.1 Å². The van der Waals surface area contributed by atoms with Gasteiger partial charge in [0, 0.05) is 29.4 Å². The van der Waals surface area contributed by atoms with E-state index >= 15 is 0 Å². The highest BCUT2D eigenvalue weighted by Gasteiger charge is 2.14. The molecule has 1 aliphatic rings. The summed E-state index contributed by atoms with van der Waals surface area (Å²) in [7, 11) is 0. The third kappa shape index (κ3) is 3.11. The molecule has 0 aliphatic carbocycles. The van der Waals surface area contributed by atoms with E-state index in [0.717, 1.165) is 17.0 Å². The Hall–Kier alpha value is -1.81. The zero-order valence-electron chi connectivity index (χ0n) is 10.2. The predicted molar refractivity (Wildman–Crippen MR) is 73.7 cm³/mol. The Morgan fingerprint density at radius 2 is 1.83 bits per heavy atom. The fraction of sp³-hybridized carbons (Fsp3) is 0.231. The van der Waals surface area contributed by atoms with Crippen LogP contribution in [-0.4, -0.2) is 4.92 Å². The van der Waals surface area contributed by atoms with Gasteiger partial charge in [0.2, 0.25) is 0 Å². The lowest BCUT2D eigenvalue weighted by molar-refractivity contribution is -0.384. The van der Waals surface area contributed by atoms with Gasteiger partial charge in [0.25, 0.3) is 5.69 Å². The molecule has 1 aliphatic heterocycles. The van der Waals surface area contributed by atoms with Gasteiger partial charge in [-0.15, -0.1) is 12.4 Å². The number of dihydropyridines is 1. The van der Waals surface area contributed by atoms with E-state index < -0.39 is 0 Å². The highest BCUT2D eigenvalue weighted by Crippen LogP contribution is 2.27. The van der Waals surface area contributed by atoms with Gasteiger partial charge in [0.15, 0.2) is 0 Å². The lowest BCUT2D eigenvalue weighted by Crippen LogP contribution is -2.14. The van der Waals surface area contributed by atoms with Crippen LogP contribution in [0.4, 0.5) is 5.69 Å². The molecule has 0 aromatic heterocycles. The molecule has 0 spiro atoms. The number of allylic oxidation sites excluding steroid dienone is 4. The van der Waals surface area contributed by atoms with Crippen LogP contribution in [0.5, 0.6) is 0 Å². The standard InChI is InChI=1S/C13H14N2O2.ClH/c1-9-6-12(7-10(2)14-9)11-4-3-5-13(8-11)15(16)17;/h3-8,12,14H,1-2H3;1H. The highest BCUT2D eigenvalue weighted by atomic mass is 35.5. The molecule has 0 amide bonds. The van der Waals surface area contributed by atoms with Crippen LogP contribution in [0.3, 0.4) is 0 Å². The Morgan fingerprint density at radius 3 is 2.39 bits per heavy atom. The second-order valence-electron chi connectivity index (χ2n) is 4.20. The van der Waals surface area contributed by atoms with Gasteiger partial charge < -0.3 is 5.32 Å². The number of hydrogen-bond acceptors (Lipinski definition) is 3. The first kappa shape index (κ1) is 14.3. The van der Waals surface area contributed by atoms with E-state index in [1.165, 1.54) is 6.07 Å². The first-order chi connectivity index (χ1) is 8.06. The fourth-order valence-electron chi connectivity index (χ4n) is 2.02. The van der Waals surface area contributed by atoms with Crippen molar-refractivity contribution in [3.8, 4) is 0 Å². The number of nitrogens with zero attached hydrogens (tertiary/aromatic N) is 1. The van der Waals surface area contributed by atoms with Crippen LogP contribution in [0.15, 0.2) is 47.8 Å². The summed E-state index contributed by atoms with van der Waals surface area (Å²) in [6, 6.07) is 6.78. The number of nitrogens with one attached hydrogen (secondary N) is 1. The van der Waals surface area contributed by atoms with Crippen molar-refractivity contribution in [2.24, 2.45) is 0 Å². The Balaban J connectivity index is 0.00000162. The third-order valence-electron chi connectivity index (χ3n) is 2.72. The van der Waals surface area contributed by atoms with E-state index in [0.29, 0.717) is 0 Å². The molecule has 0 fully saturated rings. The number of nitro benzene ring substituents is 1. The van der Waals surface area contributed by atoms with Crippen LogP contribution in [0.25, 0.3) is 0 Å². The molecule has 0 bridgehead atoms. The number of halogens is 1. The Labute approximate surface area is 112 Å². The largest absolute Gasteiger partial charge is 0.363 e. The SMILES string of the molecule is CC1=CC(c2cccc([N+](=O)[O-])c2)C=C(C)N1.Cl. The summed E-state index contributed by atoms with van der Waals surface area (Å²) >= 11 is 0. The number of hydrogen-bond donors (Lipinski definition) is 1. The first-order valence-corrected chi connectivity index (χ1v) is 5.44. The van der Waals surface area contributed by atoms with E-state index in [9.17, 15) is 10.1 Å². The summed E-state index contributed by atoms with van der Waals surface area (Å²) < 4.78 is 0. The van der Waals surface area contributed by atoms with Gasteiger partial charge in [-0.2, -0.15) is 0 Å². The first-order valence-electron chi connectivity index (χ1n) is 5.44. The molecule has 0 radical (unpaired) electrons. The Kier molecular flexibility index (Phi) is 4.50. The molecule has 0 saturated heterocycles. The summed E-state index contributed by atoms with van der Waals surface area (Å²) in [6.07, 6.45) is 4.12. The smallest absolute Gasteiger partial charge is 0.269 e. The van der Waals surface area contributed by atoms with E-state index in [1.807, 2.05) is 19.9 Å². The molecule has 0 saturated carbocycles. The summed E-state index contributed by atoms with van der Waals surface area (Å²) in [4.78, 5) is 10.4. The second kappa shape index (κ2) is 5.69. The molecule has 1 heterocycles. The molecule has 96 valence electrons. The molecular weight excluding hydrogens is 252 g/mol. The predicted octanol–water partition coefficient (Wildman–Crippen LogP) is 3.51. The molecule has 0 unspecified atom stereocenters. The molecule has 2 rings (SSSR count). The molecule has 4 nitrogen and oxygen atoms in total. The van der Waals surface area contributed by atoms with Gasteiger partial charge in [0.05, 0.1) is 4.92 Å². The summed E-state index contributed by atoms with van der Waals surface area (Å²) in [5.74, 6) is 0.108. The number of non-ortho nitro benzene ring substituents is 1. The highest BCUT2D eigenvalue weighted by molar-refractivity contribution is 5.85. The topological polar surface area (TPSA) is 55.2 Å². The van der Waals surface area contributed by atoms with Crippen LogP contribution in [-0.2, 0) is 0 Å². The van der Waals surface area contributed by atoms with Gasteiger partial charge in [-0.25, -0.2) is 0 Å². The lowest BCUT2D eigenvalue weighted by atomic mass is 9.94. The summed E-state index contributed by atoms with van der Waals surface area (Å²) in [5.41, 5.74) is 3.22. The molecule has 5 heteroatoms. The number of rotatable bonds is 2. The van der Waals surface area contributed by atoms with Crippen molar-refractivity contribution in [3.63, 3.8) is 0 Å². The van der Waals surface area contributed by atoms with Crippen molar-refractivity contribution in [2.45, 2.75) is 19.8 Å². The minimum Gasteiger partial charge on any atom is -0.363 e. The quantitative estimate of drug-likeness (QED) is 0.658. The van der Waals surface area contributed by atoms with Crippen LogP contribution in [0.2, 0.25) is 0 Å². The Bertz CT molecular complexity index is 505. The van der Waals surface area contributed by atoms with E-state index in [1.54, 1.807) is 12.1 Å². The van der Waals surface area contributed by atoms with Crippen molar-refractivity contribution in [3.05, 3.63) is 63.5 Å². The van der Waals surface area contributed by atoms with Crippen molar-refractivity contribution < 1.29 is 4.92 Å². The molecule has 1 N–H and O–H groups in total. The molecular formula is C13H15ClN2O2. The maximum atomic E-state index is 10.7. The van der Waals surface area contributed by atoms with Gasteiger partial charge in [0.1, 0.15) is 0 Å².